The Bertz CT molecular complexity index is 431. The summed E-state index contributed by atoms with van der Waals surface area (Å²) in [4.78, 5) is 14.1. The third-order valence-corrected chi connectivity index (χ3v) is 3.65. The molecule has 0 spiro atoms. The van der Waals surface area contributed by atoms with Crippen molar-refractivity contribution in [2.75, 3.05) is 33.4 Å². The first kappa shape index (κ1) is 15.1. The minimum absolute atomic E-state index is 0.0799. The fourth-order valence-corrected chi connectivity index (χ4v) is 2.65. The van der Waals surface area contributed by atoms with Gasteiger partial charge in [0.25, 0.3) is 0 Å². The third-order valence-electron chi connectivity index (χ3n) is 3.65. The first-order valence-electron chi connectivity index (χ1n) is 7.26. The van der Waals surface area contributed by atoms with Crippen LogP contribution in [0.5, 0.6) is 0 Å². The Morgan fingerprint density at radius 2 is 2.40 bits per heavy atom. The van der Waals surface area contributed by atoms with E-state index in [-0.39, 0.29) is 11.9 Å². The molecule has 5 nitrogen and oxygen atoms in total. The average molecular weight is 280 g/mol. The van der Waals surface area contributed by atoms with Crippen molar-refractivity contribution in [1.29, 1.82) is 0 Å². The van der Waals surface area contributed by atoms with Gasteiger partial charge in [0.1, 0.15) is 11.5 Å². The van der Waals surface area contributed by atoms with Crippen LogP contribution in [0.3, 0.4) is 0 Å². The van der Waals surface area contributed by atoms with Crippen molar-refractivity contribution in [3.63, 3.8) is 0 Å². The molecule has 0 unspecified atom stereocenters. The first-order valence-corrected chi connectivity index (χ1v) is 7.26. The maximum atomic E-state index is 11.9. The summed E-state index contributed by atoms with van der Waals surface area (Å²) in [6, 6.07) is 4.25. The molecule has 5 heteroatoms. The predicted octanol–water partition coefficient (Wildman–Crippen LogP) is 1.88. The number of carbonyl (C=O) groups excluding carboxylic acids is 1. The smallest absolute Gasteiger partial charge is 0.234 e. The van der Waals surface area contributed by atoms with Crippen molar-refractivity contribution < 1.29 is 13.9 Å². The Morgan fingerprint density at radius 1 is 1.55 bits per heavy atom. The quantitative estimate of drug-likeness (QED) is 0.775. The van der Waals surface area contributed by atoms with E-state index in [0.29, 0.717) is 19.7 Å². The van der Waals surface area contributed by atoms with Crippen LogP contribution in [0, 0.1) is 6.92 Å². The Balaban J connectivity index is 1.80. The van der Waals surface area contributed by atoms with Crippen LogP contribution in [-0.2, 0) is 9.53 Å². The second kappa shape index (κ2) is 7.45. The van der Waals surface area contributed by atoms with Crippen molar-refractivity contribution >= 4 is 5.91 Å². The van der Waals surface area contributed by atoms with Crippen LogP contribution >= 0.6 is 0 Å². The molecule has 0 bridgehead atoms. The van der Waals surface area contributed by atoms with E-state index in [1.54, 1.807) is 7.11 Å². The monoisotopic (exact) mass is 280 g/mol. The fourth-order valence-electron chi connectivity index (χ4n) is 2.65. The van der Waals surface area contributed by atoms with E-state index in [2.05, 4.69) is 10.2 Å². The lowest BCUT2D eigenvalue weighted by Crippen LogP contribution is -2.37. The summed E-state index contributed by atoms with van der Waals surface area (Å²) in [5.74, 6) is 1.99. The minimum Gasteiger partial charge on any atom is -0.465 e. The number of nitrogens with zero attached hydrogens (tertiary/aromatic N) is 1. The zero-order valence-electron chi connectivity index (χ0n) is 12.4. The lowest BCUT2D eigenvalue weighted by atomic mass is 10.1. The molecule has 0 aromatic carbocycles. The number of aryl methyl sites for hydroxylation is 1. The summed E-state index contributed by atoms with van der Waals surface area (Å²) < 4.78 is 10.7. The Labute approximate surface area is 120 Å². The zero-order chi connectivity index (χ0) is 14.4. The first-order chi connectivity index (χ1) is 9.70. The number of rotatable bonds is 7. The van der Waals surface area contributed by atoms with Gasteiger partial charge in [0.15, 0.2) is 0 Å². The van der Waals surface area contributed by atoms with E-state index in [9.17, 15) is 4.79 Å². The van der Waals surface area contributed by atoms with E-state index in [0.717, 1.165) is 37.3 Å². The largest absolute Gasteiger partial charge is 0.465 e. The number of hydrogen-bond acceptors (Lipinski definition) is 4. The Hall–Kier alpha value is -1.33. The molecule has 2 rings (SSSR count). The lowest BCUT2D eigenvalue weighted by Gasteiger charge is -2.22. The highest BCUT2D eigenvalue weighted by molar-refractivity contribution is 5.78. The van der Waals surface area contributed by atoms with Gasteiger partial charge >= 0.3 is 0 Å². The highest BCUT2D eigenvalue weighted by Crippen LogP contribution is 2.32. The normalized spacial score (nSPS) is 19.4. The van der Waals surface area contributed by atoms with Gasteiger partial charge in [0.05, 0.1) is 12.6 Å². The molecule has 1 atom stereocenters. The fraction of sp³-hybridized carbons (Fsp3) is 0.667. The molecule has 1 fully saturated rings. The molecule has 0 saturated carbocycles. The summed E-state index contributed by atoms with van der Waals surface area (Å²) in [5.41, 5.74) is 0. The van der Waals surface area contributed by atoms with Gasteiger partial charge in [0, 0.05) is 20.3 Å². The van der Waals surface area contributed by atoms with Crippen molar-refractivity contribution in [2.24, 2.45) is 0 Å². The van der Waals surface area contributed by atoms with E-state index in [1.807, 2.05) is 19.1 Å². The zero-order valence-corrected chi connectivity index (χ0v) is 12.4. The van der Waals surface area contributed by atoms with Gasteiger partial charge < -0.3 is 14.5 Å². The molecule has 20 heavy (non-hydrogen) atoms. The van der Waals surface area contributed by atoms with Gasteiger partial charge in [-0.25, -0.2) is 0 Å². The van der Waals surface area contributed by atoms with Gasteiger partial charge in [0.2, 0.25) is 5.91 Å². The SMILES string of the molecule is COCCCNC(=O)CN1CCC[C@@H]1c1ccc(C)o1. The summed E-state index contributed by atoms with van der Waals surface area (Å²) >= 11 is 0. The van der Waals surface area contributed by atoms with Crippen LogP contribution in [0.25, 0.3) is 0 Å². The summed E-state index contributed by atoms with van der Waals surface area (Å²) in [5, 5.41) is 2.93. The highest BCUT2D eigenvalue weighted by Gasteiger charge is 2.29. The number of likely N-dealkylation sites (tertiary alicyclic amines) is 1. The average Bonchev–Trinajstić information content (AvgIpc) is 3.03. The van der Waals surface area contributed by atoms with Crippen LogP contribution in [0.4, 0.5) is 0 Å². The summed E-state index contributed by atoms with van der Waals surface area (Å²) in [7, 11) is 1.67. The number of amides is 1. The predicted molar refractivity (Wildman–Crippen MR) is 76.5 cm³/mol. The van der Waals surface area contributed by atoms with Gasteiger partial charge in [-0.15, -0.1) is 0 Å². The van der Waals surface area contributed by atoms with Crippen molar-refractivity contribution in [3.05, 3.63) is 23.7 Å². The van der Waals surface area contributed by atoms with Crippen LogP contribution in [-0.4, -0.2) is 44.2 Å². The molecule has 112 valence electrons. The molecular weight excluding hydrogens is 256 g/mol. The lowest BCUT2D eigenvalue weighted by molar-refractivity contribution is -0.122. The molecule has 1 saturated heterocycles. The van der Waals surface area contributed by atoms with Crippen LogP contribution in [0.15, 0.2) is 16.5 Å². The second-order valence-electron chi connectivity index (χ2n) is 5.27. The standard InChI is InChI=1S/C15H24N2O3/c1-12-6-7-14(20-12)13-5-3-9-17(13)11-15(18)16-8-4-10-19-2/h6-7,13H,3-5,8-11H2,1-2H3,(H,16,18)/t13-/m1/s1. The van der Waals surface area contributed by atoms with Crippen LogP contribution in [0.1, 0.15) is 36.8 Å². The maximum absolute atomic E-state index is 11.9. The van der Waals surface area contributed by atoms with E-state index < -0.39 is 0 Å². The Morgan fingerprint density at radius 3 is 3.10 bits per heavy atom. The molecule has 1 aliphatic heterocycles. The number of ether oxygens (including phenoxy) is 1. The maximum Gasteiger partial charge on any atom is 0.234 e. The van der Waals surface area contributed by atoms with E-state index in [4.69, 9.17) is 9.15 Å². The molecule has 1 aromatic rings. The molecule has 2 heterocycles. The molecule has 1 amide bonds. The molecule has 1 aliphatic rings. The number of hydrogen-bond donors (Lipinski definition) is 1. The van der Waals surface area contributed by atoms with Gasteiger partial charge in [-0.3, -0.25) is 9.69 Å². The number of furan rings is 1. The number of carbonyl (C=O) groups is 1. The molecule has 1 aromatic heterocycles. The summed E-state index contributed by atoms with van der Waals surface area (Å²) in [6.07, 6.45) is 3.02. The summed E-state index contributed by atoms with van der Waals surface area (Å²) in [6.45, 7) is 4.70. The van der Waals surface area contributed by atoms with Crippen molar-refractivity contribution in [2.45, 2.75) is 32.2 Å². The Kier molecular flexibility index (Phi) is 5.61. The third kappa shape index (κ3) is 4.08. The second-order valence-corrected chi connectivity index (χ2v) is 5.27. The van der Waals surface area contributed by atoms with Gasteiger partial charge in [-0.1, -0.05) is 0 Å². The van der Waals surface area contributed by atoms with E-state index >= 15 is 0 Å². The van der Waals surface area contributed by atoms with Gasteiger partial charge in [-0.2, -0.15) is 0 Å². The molecular formula is C15H24N2O3. The van der Waals surface area contributed by atoms with E-state index in [1.165, 1.54) is 0 Å². The van der Waals surface area contributed by atoms with Crippen LogP contribution < -0.4 is 5.32 Å². The number of nitrogens with one attached hydrogen (secondary N) is 1. The number of methoxy groups -OCH3 is 1. The molecule has 1 N–H and O–H groups in total. The minimum atomic E-state index is 0.0799. The van der Waals surface area contributed by atoms with Crippen molar-refractivity contribution in [1.82, 2.24) is 10.2 Å². The molecule has 0 radical (unpaired) electrons. The van der Waals surface area contributed by atoms with Crippen LogP contribution in [0.2, 0.25) is 0 Å². The topological polar surface area (TPSA) is 54.7 Å². The highest BCUT2D eigenvalue weighted by atomic mass is 16.5. The van der Waals surface area contributed by atoms with Crippen molar-refractivity contribution in [3.8, 4) is 0 Å². The molecule has 0 aliphatic carbocycles. The van der Waals surface area contributed by atoms with Gasteiger partial charge in [-0.05, 0) is 44.9 Å².